The van der Waals surface area contributed by atoms with Crippen molar-refractivity contribution in [2.75, 3.05) is 20.1 Å². The normalized spacial score (nSPS) is 20.1. The molecule has 9 heteroatoms. The number of rotatable bonds is 5. The Labute approximate surface area is 118 Å². The molecule has 1 aliphatic heterocycles. The summed E-state index contributed by atoms with van der Waals surface area (Å²) in [5, 5.41) is 3.07. The van der Waals surface area contributed by atoms with Crippen LogP contribution in [0.1, 0.15) is 6.42 Å². The minimum absolute atomic E-state index is 0.0292. The lowest BCUT2D eigenvalue weighted by molar-refractivity contribution is 0.559. The van der Waals surface area contributed by atoms with Gasteiger partial charge in [0.2, 0.25) is 20.0 Å². The van der Waals surface area contributed by atoms with E-state index in [1.807, 2.05) is 0 Å². The van der Waals surface area contributed by atoms with Crippen molar-refractivity contribution in [3.63, 3.8) is 0 Å². The third-order valence-corrected chi connectivity index (χ3v) is 6.06. The third kappa shape index (κ3) is 3.36. The molecule has 1 aromatic rings. The minimum Gasteiger partial charge on any atom is -0.315 e. The molecule has 3 N–H and O–H groups in total. The highest BCUT2D eigenvalue weighted by molar-refractivity contribution is 7.90. The van der Waals surface area contributed by atoms with Crippen LogP contribution in [0.5, 0.6) is 0 Å². The molecule has 1 atom stereocenters. The highest BCUT2D eigenvalue weighted by Gasteiger charge is 2.23. The van der Waals surface area contributed by atoms with Gasteiger partial charge in [0.05, 0.1) is 9.79 Å². The molecule has 0 unspecified atom stereocenters. The summed E-state index contributed by atoms with van der Waals surface area (Å²) >= 11 is 0. The van der Waals surface area contributed by atoms with Gasteiger partial charge < -0.3 is 5.32 Å². The van der Waals surface area contributed by atoms with E-state index in [0.717, 1.165) is 13.0 Å². The van der Waals surface area contributed by atoms with Crippen LogP contribution in [0, 0.1) is 0 Å². The summed E-state index contributed by atoms with van der Waals surface area (Å²) < 4.78 is 52.1. The monoisotopic (exact) mass is 319 g/mol. The maximum Gasteiger partial charge on any atom is 0.240 e. The summed E-state index contributed by atoms with van der Waals surface area (Å²) in [4.78, 5) is 0.0842. The third-order valence-electron chi connectivity index (χ3n) is 3.10. The van der Waals surface area contributed by atoms with Crippen LogP contribution in [-0.2, 0) is 20.0 Å². The van der Waals surface area contributed by atoms with E-state index in [4.69, 9.17) is 0 Å². The number of sulfonamides is 2. The first-order chi connectivity index (χ1) is 9.35. The number of hydrogen-bond donors (Lipinski definition) is 3. The van der Waals surface area contributed by atoms with Gasteiger partial charge in [-0.25, -0.2) is 26.3 Å². The molecular formula is C11H17N3O4S2. The largest absolute Gasteiger partial charge is 0.315 e. The van der Waals surface area contributed by atoms with Crippen LogP contribution in [0.3, 0.4) is 0 Å². The number of benzene rings is 1. The van der Waals surface area contributed by atoms with Crippen molar-refractivity contribution in [1.29, 1.82) is 0 Å². The second-order valence-corrected chi connectivity index (χ2v) is 8.09. The number of nitrogens with one attached hydrogen (secondary N) is 3. The maximum absolute atomic E-state index is 12.1. The number of hydrogen-bond acceptors (Lipinski definition) is 5. The zero-order valence-electron chi connectivity index (χ0n) is 11.0. The predicted molar refractivity (Wildman–Crippen MR) is 74.3 cm³/mol. The zero-order valence-corrected chi connectivity index (χ0v) is 12.6. The molecule has 0 bridgehead atoms. The van der Waals surface area contributed by atoms with Crippen LogP contribution in [0.15, 0.2) is 34.1 Å². The van der Waals surface area contributed by atoms with Crippen LogP contribution < -0.4 is 14.8 Å². The Morgan fingerprint density at radius 1 is 1.05 bits per heavy atom. The molecule has 20 heavy (non-hydrogen) atoms. The first-order valence-electron chi connectivity index (χ1n) is 6.12. The van der Waals surface area contributed by atoms with Crippen LogP contribution in [-0.4, -0.2) is 43.0 Å². The highest BCUT2D eigenvalue weighted by atomic mass is 32.2. The van der Waals surface area contributed by atoms with Crippen molar-refractivity contribution in [3.05, 3.63) is 24.3 Å². The molecule has 7 nitrogen and oxygen atoms in total. The zero-order chi connectivity index (χ0) is 14.8. The topological polar surface area (TPSA) is 104 Å². The average molecular weight is 319 g/mol. The molecule has 0 aromatic heterocycles. The van der Waals surface area contributed by atoms with Gasteiger partial charge in [0, 0.05) is 12.6 Å². The van der Waals surface area contributed by atoms with Gasteiger partial charge >= 0.3 is 0 Å². The van der Waals surface area contributed by atoms with E-state index in [2.05, 4.69) is 14.8 Å². The van der Waals surface area contributed by atoms with Gasteiger partial charge in [-0.2, -0.15) is 0 Å². The molecule has 0 aliphatic carbocycles. The Morgan fingerprint density at radius 2 is 1.60 bits per heavy atom. The van der Waals surface area contributed by atoms with Crippen LogP contribution in [0.4, 0.5) is 0 Å². The molecule has 1 fully saturated rings. The molecule has 0 radical (unpaired) electrons. The van der Waals surface area contributed by atoms with Crippen molar-refractivity contribution >= 4 is 20.0 Å². The SMILES string of the molecule is CNS(=O)(=O)c1ccc(S(=O)(=O)N[C@H]2CCNC2)cc1. The molecule has 1 heterocycles. The van der Waals surface area contributed by atoms with E-state index in [9.17, 15) is 16.8 Å². The molecule has 0 spiro atoms. The smallest absolute Gasteiger partial charge is 0.240 e. The molecule has 0 amide bonds. The van der Waals surface area contributed by atoms with Gasteiger partial charge in [-0.15, -0.1) is 0 Å². The first-order valence-corrected chi connectivity index (χ1v) is 9.08. The Morgan fingerprint density at radius 3 is 2.05 bits per heavy atom. The van der Waals surface area contributed by atoms with Crippen molar-refractivity contribution in [1.82, 2.24) is 14.8 Å². The fraction of sp³-hybridized carbons (Fsp3) is 0.455. The van der Waals surface area contributed by atoms with E-state index in [0.29, 0.717) is 6.54 Å². The second-order valence-electron chi connectivity index (χ2n) is 4.49. The van der Waals surface area contributed by atoms with Crippen molar-refractivity contribution in [3.8, 4) is 0 Å². The maximum atomic E-state index is 12.1. The molecule has 2 rings (SSSR count). The highest BCUT2D eigenvalue weighted by Crippen LogP contribution is 2.15. The quantitative estimate of drug-likeness (QED) is 0.661. The van der Waals surface area contributed by atoms with Crippen molar-refractivity contribution in [2.24, 2.45) is 0 Å². The summed E-state index contributed by atoms with van der Waals surface area (Å²) in [6.45, 7) is 1.39. The molecule has 1 aliphatic rings. The predicted octanol–water partition coefficient (Wildman–Crippen LogP) is -0.765. The second kappa shape index (κ2) is 5.78. The van der Waals surface area contributed by atoms with E-state index >= 15 is 0 Å². The summed E-state index contributed by atoms with van der Waals surface area (Å²) in [5.41, 5.74) is 0. The molecule has 112 valence electrons. The lowest BCUT2D eigenvalue weighted by Gasteiger charge is -2.12. The van der Waals surface area contributed by atoms with E-state index in [1.165, 1.54) is 31.3 Å². The Balaban J connectivity index is 2.20. The van der Waals surface area contributed by atoms with E-state index in [1.54, 1.807) is 0 Å². The van der Waals surface area contributed by atoms with Gasteiger partial charge in [-0.3, -0.25) is 0 Å². The summed E-state index contributed by atoms with van der Waals surface area (Å²) in [6, 6.07) is 4.99. The Bertz CT molecular complexity index is 662. The lowest BCUT2D eigenvalue weighted by Crippen LogP contribution is -2.36. The van der Waals surface area contributed by atoms with E-state index < -0.39 is 20.0 Å². The van der Waals surface area contributed by atoms with Crippen molar-refractivity contribution < 1.29 is 16.8 Å². The van der Waals surface area contributed by atoms with Gasteiger partial charge in [0.25, 0.3) is 0 Å². The molecule has 1 aromatic carbocycles. The summed E-state index contributed by atoms with van der Waals surface area (Å²) in [6.07, 6.45) is 0.742. The van der Waals surface area contributed by atoms with E-state index in [-0.39, 0.29) is 15.8 Å². The summed E-state index contributed by atoms with van der Waals surface area (Å²) in [7, 11) is -5.88. The van der Waals surface area contributed by atoms with Crippen LogP contribution >= 0.6 is 0 Å². The lowest BCUT2D eigenvalue weighted by atomic mass is 10.3. The first kappa shape index (κ1) is 15.4. The minimum atomic E-state index is -3.62. The van der Waals surface area contributed by atoms with Gasteiger partial charge in [0.1, 0.15) is 0 Å². The molecular weight excluding hydrogens is 302 g/mol. The van der Waals surface area contributed by atoms with Gasteiger partial charge in [-0.1, -0.05) is 0 Å². The fourth-order valence-electron chi connectivity index (χ4n) is 1.96. The summed E-state index contributed by atoms with van der Waals surface area (Å²) in [5.74, 6) is 0. The average Bonchev–Trinajstić information content (AvgIpc) is 2.91. The van der Waals surface area contributed by atoms with Gasteiger partial charge in [-0.05, 0) is 44.3 Å². The molecule has 1 saturated heterocycles. The Kier molecular flexibility index (Phi) is 4.45. The van der Waals surface area contributed by atoms with Crippen molar-refractivity contribution in [2.45, 2.75) is 22.3 Å². The van der Waals surface area contributed by atoms with Crippen LogP contribution in [0.2, 0.25) is 0 Å². The Hall–Kier alpha value is -1.00. The van der Waals surface area contributed by atoms with Gasteiger partial charge in [0.15, 0.2) is 0 Å². The molecule has 0 saturated carbocycles. The standard InChI is InChI=1S/C11H17N3O4S2/c1-12-19(15,16)10-2-4-11(5-3-10)20(17,18)14-9-6-7-13-8-9/h2-5,9,12-14H,6-8H2,1H3/t9-/m0/s1. The fourth-order valence-corrected chi connectivity index (χ4v) is 3.96. The van der Waals surface area contributed by atoms with Crippen LogP contribution in [0.25, 0.3) is 0 Å².